The second-order valence-corrected chi connectivity index (χ2v) is 11.0. The predicted octanol–water partition coefficient (Wildman–Crippen LogP) is 8.34. The zero-order chi connectivity index (χ0) is 21.2. The van der Waals surface area contributed by atoms with Gasteiger partial charge < -0.3 is 21.3 Å². The van der Waals surface area contributed by atoms with Gasteiger partial charge in [0, 0.05) is 21.6 Å². The van der Waals surface area contributed by atoms with Crippen LogP contribution in [-0.2, 0) is 26.2 Å². The number of pyridine rings is 1. The molecule has 0 saturated heterocycles. The van der Waals surface area contributed by atoms with Gasteiger partial charge in [0.1, 0.15) is 0 Å². The fourth-order valence-electron chi connectivity index (χ4n) is 4.67. The van der Waals surface area contributed by atoms with Crippen LogP contribution in [0.25, 0.3) is 21.3 Å². The molecule has 3 aliphatic rings. The molecule has 2 bridgehead atoms. The number of hydrogen-bond acceptors (Lipinski definition) is 1. The van der Waals surface area contributed by atoms with Gasteiger partial charge in [-0.25, -0.2) is 0 Å². The topological polar surface area (TPSA) is 69.3 Å². The summed E-state index contributed by atoms with van der Waals surface area (Å²) in [7, 11) is 9.59. The van der Waals surface area contributed by atoms with Crippen LogP contribution in [0.4, 0.5) is 0 Å². The van der Waals surface area contributed by atoms with Crippen LogP contribution in [-0.4, -0.2) is 42.2 Å². The Morgan fingerprint density at radius 1 is 0.767 bits per heavy atom. The molecule has 1 aromatic heterocycles. The van der Waals surface area contributed by atoms with E-state index in [2.05, 4.69) is 28.1 Å². The fourth-order valence-corrected chi connectivity index (χ4v) is 5.20. The zero-order valence-corrected chi connectivity index (χ0v) is 21.5. The molecule has 0 spiro atoms. The summed E-state index contributed by atoms with van der Waals surface area (Å²) in [6.45, 7) is 3.05. The molecule has 4 atom stereocenters. The molecular weight excluding hydrogens is 528 g/mol. The quantitative estimate of drug-likeness (QED) is 0.291. The molecule has 1 unspecified atom stereocenters. The summed E-state index contributed by atoms with van der Waals surface area (Å²) in [5.41, 5.74) is 2.08. The van der Waals surface area contributed by atoms with Crippen molar-refractivity contribution in [1.29, 1.82) is 0 Å². The van der Waals surface area contributed by atoms with Crippen molar-refractivity contribution in [2.24, 2.45) is 0 Å². The second-order valence-electron chi connectivity index (χ2n) is 8.15. The Labute approximate surface area is 210 Å². The van der Waals surface area contributed by atoms with Crippen LogP contribution in [0.5, 0.6) is 0 Å². The summed E-state index contributed by atoms with van der Waals surface area (Å²) in [5.74, 6) is 0. The summed E-state index contributed by atoms with van der Waals surface area (Å²) in [6, 6.07) is 5.63. The van der Waals surface area contributed by atoms with Crippen LogP contribution < -0.4 is 0 Å². The Kier molecular flexibility index (Phi) is 11.7. The van der Waals surface area contributed by atoms with Gasteiger partial charge in [-0.3, -0.25) is 4.98 Å². The normalized spacial score (nSPS) is 30.5. The van der Waals surface area contributed by atoms with E-state index in [-0.39, 0.29) is 18.8 Å². The number of rotatable bonds is 0. The Balaban J connectivity index is 0. The molecule has 2 heterocycles. The standard InChI is InChI=1S/C21H30BrN5.2ClH.Mn.4H2/c22-15-11-16-13-25-20-7-3-1-5-18(20)23-9-10-24-19-6-2-4-8-21(19)26-14-17(12-15)27-16;;;;;;;/h11-12,18-21H,1-10,13-14H2;2*1H;;4*1H/q-4;;;+2;;;;/p-2/t18-,19?,20-,21-;;;;;;;/m1......./s1. The Bertz CT molecular complexity index is 611. The van der Waals surface area contributed by atoms with E-state index in [1.54, 1.807) is 0 Å². The van der Waals surface area contributed by atoms with Gasteiger partial charge in [-0.15, -0.1) is 13.1 Å². The maximum atomic E-state index is 5.01. The van der Waals surface area contributed by atoms with E-state index in [1.807, 2.05) is 0 Å². The molecule has 1 aromatic rings. The molecule has 2 fully saturated rings. The van der Waals surface area contributed by atoms with Crippen molar-refractivity contribution in [3.63, 3.8) is 0 Å². The van der Waals surface area contributed by atoms with E-state index in [4.69, 9.17) is 46.4 Å². The minimum absolute atomic E-state index is 0. The van der Waals surface area contributed by atoms with Gasteiger partial charge in [-0.2, -0.15) is 37.3 Å². The van der Waals surface area contributed by atoms with Gasteiger partial charge >= 0.3 is 33.3 Å². The first-order chi connectivity index (χ1) is 14.7. The molecular formula is C21H38BrCl2MnN5-4. The van der Waals surface area contributed by atoms with Crippen LogP contribution in [0.1, 0.15) is 68.5 Å². The first kappa shape index (κ1) is 25.2. The summed E-state index contributed by atoms with van der Waals surface area (Å²) in [4.78, 5) is 4.84. The second kappa shape index (κ2) is 14.0. The Morgan fingerprint density at radius 2 is 1.13 bits per heavy atom. The van der Waals surface area contributed by atoms with Crippen molar-refractivity contribution in [2.45, 2.75) is 88.6 Å². The van der Waals surface area contributed by atoms with Gasteiger partial charge in [0.05, 0.1) is 0 Å². The molecule has 0 amide bonds. The summed E-state index contributed by atoms with van der Waals surface area (Å²) < 4.78 is 1.08. The molecule has 5 nitrogen and oxygen atoms in total. The minimum Gasteiger partial charge on any atom is 0 e. The largest absolute Gasteiger partial charge is 0 e. The van der Waals surface area contributed by atoms with Crippen LogP contribution in [0, 0.1) is 0 Å². The molecule has 30 heavy (non-hydrogen) atoms. The fraction of sp³-hybridized carbons (Fsp3) is 0.762. The number of aromatic nitrogens is 1. The molecule has 0 radical (unpaired) electrons. The average molecular weight is 566 g/mol. The number of nitrogens with zero attached hydrogens (tertiary/aromatic N) is 5. The minimum atomic E-state index is 0. The van der Waals surface area contributed by atoms with Gasteiger partial charge in [0.15, 0.2) is 0 Å². The molecule has 9 heteroatoms. The number of hydrogen-bond donors (Lipinski definition) is 0. The van der Waals surface area contributed by atoms with Gasteiger partial charge in [0.25, 0.3) is 0 Å². The van der Waals surface area contributed by atoms with Crippen LogP contribution in [0.3, 0.4) is 0 Å². The van der Waals surface area contributed by atoms with Gasteiger partial charge in [-0.1, -0.05) is 67.3 Å². The van der Waals surface area contributed by atoms with Crippen LogP contribution >= 0.6 is 36.1 Å². The smallest absolute Gasteiger partial charge is 0 e. The first-order valence-corrected chi connectivity index (χ1v) is 14.9. The third-order valence-corrected chi connectivity index (χ3v) is 6.54. The SMILES string of the molecule is Brc1cc2nc(c1)C[N-][C@@H]1CCCC[C@H]1[N-]CC[N-]C1CCCC[C@H]1[N-]C2.[Cl][Mn][Cl].[HH].[HH].[HH].[HH]. The molecule has 2 saturated carbocycles. The van der Waals surface area contributed by atoms with E-state index in [0.29, 0.717) is 37.3 Å². The maximum Gasteiger partial charge on any atom is 0 e. The third kappa shape index (κ3) is 8.17. The van der Waals surface area contributed by atoms with Crippen molar-refractivity contribution < 1.29 is 18.8 Å². The zero-order valence-electron chi connectivity index (χ0n) is 17.2. The molecule has 2 aliphatic carbocycles. The number of fused-ring (bicyclic) bond motifs is 4. The molecule has 0 N–H and O–H groups in total. The van der Waals surface area contributed by atoms with Gasteiger partial charge in [0.2, 0.25) is 0 Å². The number of halogens is 3. The average Bonchev–Trinajstić information content (AvgIpc) is 2.75. The van der Waals surface area contributed by atoms with E-state index in [1.165, 1.54) is 38.5 Å². The van der Waals surface area contributed by atoms with Crippen molar-refractivity contribution in [1.82, 2.24) is 4.98 Å². The molecule has 179 valence electrons. The maximum absolute atomic E-state index is 5.01. The first-order valence-electron chi connectivity index (χ1n) is 10.9. The summed E-state index contributed by atoms with van der Waals surface area (Å²) >= 11 is 3.65. The Morgan fingerprint density at radius 3 is 1.53 bits per heavy atom. The molecule has 0 aromatic carbocycles. The Hall–Kier alpha value is 0.569. The van der Waals surface area contributed by atoms with E-state index in [0.717, 1.165) is 41.8 Å². The third-order valence-electron chi connectivity index (χ3n) is 6.09. The summed E-state index contributed by atoms with van der Waals surface area (Å²) in [5, 5.41) is 20.0. The van der Waals surface area contributed by atoms with E-state index in [9.17, 15) is 0 Å². The van der Waals surface area contributed by atoms with Crippen molar-refractivity contribution >= 4 is 36.1 Å². The summed E-state index contributed by atoms with van der Waals surface area (Å²) in [6.07, 6.45) is 9.76. The van der Waals surface area contributed by atoms with Crippen molar-refractivity contribution in [3.05, 3.63) is 49.3 Å². The monoisotopic (exact) mass is 564 g/mol. The van der Waals surface area contributed by atoms with Crippen LogP contribution in [0.15, 0.2) is 16.6 Å². The van der Waals surface area contributed by atoms with Crippen LogP contribution in [0.2, 0.25) is 0 Å². The molecule has 4 rings (SSSR count). The van der Waals surface area contributed by atoms with Gasteiger partial charge in [-0.05, 0) is 12.1 Å². The molecule has 1 aliphatic heterocycles. The van der Waals surface area contributed by atoms with E-state index < -0.39 is 0 Å². The van der Waals surface area contributed by atoms with Crippen molar-refractivity contribution in [2.75, 3.05) is 13.1 Å². The predicted molar refractivity (Wildman–Crippen MR) is 135 cm³/mol. The van der Waals surface area contributed by atoms with E-state index >= 15 is 0 Å². The van der Waals surface area contributed by atoms with Crippen molar-refractivity contribution in [3.8, 4) is 0 Å².